The van der Waals surface area contributed by atoms with Gasteiger partial charge in [0, 0.05) is 17.8 Å². The molecule has 1 aliphatic carbocycles. The number of pyridine rings is 1. The maximum Gasteiger partial charge on any atom is 0.0302 e. The molecule has 0 spiro atoms. The topological polar surface area (TPSA) is 12.9 Å². The zero-order valence-electron chi connectivity index (χ0n) is 12.1. The molecule has 0 bridgehead atoms. The van der Waals surface area contributed by atoms with Crippen LogP contribution in [0.1, 0.15) is 59.1 Å². The van der Waals surface area contributed by atoms with Gasteiger partial charge >= 0.3 is 0 Å². The van der Waals surface area contributed by atoms with Gasteiger partial charge in [-0.1, -0.05) is 41.5 Å². The third kappa shape index (κ3) is 1.63. The van der Waals surface area contributed by atoms with Gasteiger partial charge < -0.3 is 0 Å². The molecule has 2 rings (SSSR count). The van der Waals surface area contributed by atoms with E-state index in [4.69, 9.17) is 0 Å². The summed E-state index contributed by atoms with van der Waals surface area (Å²) in [6, 6.07) is 2.25. The SMILES string of the molecule is CC(C)(C)C1(C(C)(C)C)CCc2cnccc21. The number of nitrogens with zero attached hydrogens (tertiary/aromatic N) is 1. The van der Waals surface area contributed by atoms with Gasteiger partial charge in [0.2, 0.25) is 0 Å². The molecule has 0 unspecified atom stereocenters. The zero-order valence-corrected chi connectivity index (χ0v) is 12.1. The maximum absolute atomic E-state index is 4.29. The molecule has 0 fully saturated rings. The Hall–Kier alpha value is -0.850. The normalized spacial score (nSPS) is 19.2. The summed E-state index contributed by atoms with van der Waals surface area (Å²) in [6.45, 7) is 14.3. The molecule has 0 atom stereocenters. The van der Waals surface area contributed by atoms with Crippen molar-refractivity contribution in [3.8, 4) is 0 Å². The van der Waals surface area contributed by atoms with Gasteiger partial charge in [0.05, 0.1) is 0 Å². The first-order valence-electron chi connectivity index (χ1n) is 6.63. The van der Waals surface area contributed by atoms with Crippen molar-refractivity contribution < 1.29 is 0 Å². The van der Waals surface area contributed by atoms with Crippen molar-refractivity contribution in [2.24, 2.45) is 10.8 Å². The summed E-state index contributed by atoms with van der Waals surface area (Å²) in [7, 11) is 0. The Bertz CT molecular complexity index is 404. The lowest BCUT2D eigenvalue weighted by Gasteiger charge is -2.52. The van der Waals surface area contributed by atoms with E-state index < -0.39 is 0 Å². The van der Waals surface area contributed by atoms with E-state index in [-0.39, 0.29) is 16.2 Å². The van der Waals surface area contributed by atoms with Gasteiger partial charge in [-0.25, -0.2) is 0 Å². The molecule has 0 radical (unpaired) electrons. The van der Waals surface area contributed by atoms with E-state index in [1.165, 1.54) is 24.0 Å². The molecule has 1 heteroatoms. The Kier molecular flexibility index (Phi) is 2.65. The minimum atomic E-state index is 0.262. The highest BCUT2D eigenvalue weighted by atomic mass is 14.7. The molecule has 1 aromatic rings. The molecule has 0 saturated heterocycles. The van der Waals surface area contributed by atoms with Crippen molar-refractivity contribution in [2.45, 2.75) is 59.8 Å². The highest BCUT2D eigenvalue weighted by Gasteiger charge is 2.54. The quantitative estimate of drug-likeness (QED) is 0.646. The van der Waals surface area contributed by atoms with Crippen LogP contribution in [0.25, 0.3) is 0 Å². The molecular formula is C16H25N. The molecule has 94 valence electrons. The van der Waals surface area contributed by atoms with Crippen LogP contribution in [0.2, 0.25) is 0 Å². The summed E-state index contributed by atoms with van der Waals surface area (Å²) < 4.78 is 0. The van der Waals surface area contributed by atoms with E-state index in [1.807, 2.05) is 6.20 Å². The van der Waals surface area contributed by atoms with Crippen LogP contribution in [0.15, 0.2) is 18.5 Å². The van der Waals surface area contributed by atoms with Crippen LogP contribution in [0.3, 0.4) is 0 Å². The van der Waals surface area contributed by atoms with Crippen LogP contribution in [0, 0.1) is 10.8 Å². The number of fused-ring (bicyclic) bond motifs is 1. The average Bonchev–Trinajstić information content (AvgIpc) is 2.55. The fourth-order valence-electron chi connectivity index (χ4n) is 4.18. The highest BCUT2D eigenvalue weighted by Crippen LogP contribution is 2.59. The van der Waals surface area contributed by atoms with Gasteiger partial charge in [0.1, 0.15) is 0 Å². The van der Waals surface area contributed by atoms with Crippen LogP contribution in [-0.2, 0) is 11.8 Å². The molecule has 0 aliphatic heterocycles. The summed E-state index contributed by atoms with van der Waals surface area (Å²) in [6.07, 6.45) is 6.45. The maximum atomic E-state index is 4.29. The molecule has 0 saturated carbocycles. The molecule has 0 N–H and O–H groups in total. The Morgan fingerprint density at radius 1 is 1.06 bits per heavy atom. The van der Waals surface area contributed by atoms with E-state index in [0.29, 0.717) is 0 Å². The number of hydrogen-bond acceptors (Lipinski definition) is 1. The lowest BCUT2D eigenvalue weighted by molar-refractivity contribution is 0.0525. The second-order valence-corrected chi connectivity index (χ2v) is 7.44. The second kappa shape index (κ2) is 3.57. The fraction of sp³-hybridized carbons (Fsp3) is 0.688. The number of hydrogen-bond donors (Lipinski definition) is 0. The summed E-state index contributed by atoms with van der Waals surface area (Å²) in [5.41, 5.74) is 3.80. The van der Waals surface area contributed by atoms with Gasteiger partial charge in [-0.05, 0) is 40.9 Å². The van der Waals surface area contributed by atoms with Gasteiger partial charge in [0.25, 0.3) is 0 Å². The standard InChI is InChI=1S/C16H25N/c1-14(2,3)16(15(4,5)6)9-7-12-11-17-10-8-13(12)16/h8,10-11H,7,9H2,1-6H3. The first-order chi connectivity index (χ1) is 7.70. The highest BCUT2D eigenvalue weighted by molar-refractivity contribution is 5.41. The van der Waals surface area contributed by atoms with Crippen LogP contribution in [0.5, 0.6) is 0 Å². The predicted octanol–water partition coefficient (Wildman–Crippen LogP) is 4.36. The first kappa shape index (κ1) is 12.6. The lowest BCUT2D eigenvalue weighted by Crippen LogP contribution is -2.48. The van der Waals surface area contributed by atoms with E-state index in [1.54, 1.807) is 0 Å². The van der Waals surface area contributed by atoms with E-state index in [2.05, 4.69) is 58.8 Å². The smallest absolute Gasteiger partial charge is 0.0302 e. The number of aryl methyl sites for hydroxylation is 1. The lowest BCUT2D eigenvalue weighted by atomic mass is 9.51. The predicted molar refractivity (Wildman–Crippen MR) is 73.1 cm³/mol. The summed E-state index contributed by atoms with van der Waals surface area (Å²) >= 11 is 0. The molecule has 0 amide bonds. The molecule has 1 heterocycles. The van der Waals surface area contributed by atoms with Crippen molar-refractivity contribution in [2.75, 3.05) is 0 Å². The van der Waals surface area contributed by atoms with Gasteiger partial charge in [-0.15, -0.1) is 0 Å². The monoisotopic (exact) mass is 231 g/mol. The van der Waals surface area contributed by atoms with Gasteiger partial charge in [-0.2, -0.15) is 0 Å². The van der Waals surface area contributed by atoms with Crippen LogP contribution in [-0.4, -0.2) is 4.98 Å². The second-order valence-electron chi connectivity index (χ2n) is 7.44. The Balaban J connectivity index is 2.68. The minimum Gasteiger partial charge on any atom is -0.264 e. The van der Waals surface area contributed by atoms with Gasteiger partial charge in [0.15, 0.2) is 0 Å². The van der Waals surface area contributed by atoms with Crippen molar-refractivity contribution in [1.82, 2.24) is 4.98 Å². The molecule has 1 aliphatic rings. The average molecular weight is 231 g/mol. The van der Waals surface area contributed by atoms with E-state index in [9.17, 15) is 0 Å². The molecule has 1 nitrogen and oxygen atoms in total. The van der Waals surface area contributed by atoms with Crippen molar-refractivity contribution >= 4 is 0 Å². The van der Waals surface area contributed by atoms with E-state index >= 15 is 0 Å². The van der Waals surface area contributed by atoms with Crippen LogP contribution < -0.4 is 0 Å². The third-order valence-electron chi connectivity index (χ3n) is 4.69. The van der Waals surface area contributed by atoms with E-state index in [0.717, 1.165) is 0 Å². The van der Waals surface area contributed by atoms with Crippen molar-refractivity contribution in [3.05, 3.63) is 29.6 Å². The summed E-state index contributed by atoms with van der Waals surface area (Å²) in [5, 5.41) is 0. The summed E-state index contributed by atoms with van der Waals surface area (Å²) in [4.78, 5) is 4.29. The van der Waals surface area contributed by atoms with Gasteiger partial charge in [-0.3, -0.25) is 4.98 Å². The van der Waals surface area contributed by atoms with Crippen molar-refractivity contribution in [1.29, 1.82) is 0 Å². The molecule has 1 aromatic heterocycles. The zero-order chi connectivity index (χ0) is 12.9. The Morgan fingerprint density at radius 3 is 2.18 bits per heavy atom. The number of rotatable bonds is 0. The number of aromatic nitrogens is 1. The molecule has 17 heavy (non-hydrogen) atoms. The minimum absolute atomic E-state index is 0.262. The fourth-order valence-corrected chi connectivity index (χ4v) is 4.18. The summed E-state index contributed by atoms with van der Waals surface area (Å²) in [5.74, 6) is 0. The molecular weight excluding hydrogens is 206 g/mol. The Labute approximate surface area is 106 Å². The third-order valence-corrected chi connectivity index (χ3v) is 4.69. The first-order valence-corrected chi connectivity index (χ1v) is 6.63. The van der Waals surface area contributed by atoms with Crippen molar-refractivity contribution in [3.63, 3.8) is 0 Å². The Morgan fingerprint density at radius 2 is 1.65 bits per heavy atom. The largest absolute Gasteiger partial charge is 0.264 e. The van der Waals surface area contributed by atoms with Crippen LogP contribution >= 0.6 is 0 Å². The van der Waals surface area contributed by atoms with Crippen LogP contribution in [0.4, 0.5) is 0 Å². The molecule has 0 aromatic carbocycles.